The molecule has 2 amide bonds. The molecule has 120 valence electrons. The molecule has 0 unspecified atom stereocenters. The topological polar surface area (TPSA) is 95.5 Å². The van der Waals surface area contributed by atoms with Crippen molar-refractivity contribution in [1.82, 2.24) is 10.6 Å². The van der Waals surface area contributed by atoms with E-state index in [1.54, 1.807) is 12.1 Å². The summed E-state index contributed by atoms with van der Waals surface area (Å²) < 4.78 is 0. The maximum atomic E-state index is 12.2. The summed E-state index contributed by atoms with van der Waals surface area (Å²) in [5.74, 6) is -1.39. The molecular weight excluding hydrogens is 284 g/mol. The van der Waals surface area contributed by atoms with E-state index in [4.69, 9.17) is 0 Å². The lowest BCUT2D eigenvalue weighted by Gasteiger charge is -2.21. The summed E-state index contributed by atoms with van der Waals surface area (Å²) in [4.78, 5) is 34.1. The third-order valence-electron chi connectivity index (χ3n) is 3.19. The molecule has 0 bridgehead atoms. The summed E-state index contributed by atoms with van der Waals surface area (Å²) in [6.07, 6.45) is 1.10. The number of carbonyl (C=O) groups excluding carboxylic acids is 2. The summed E-state index contributed by atoms with van der Waals surface area (Å²) in [6, 6.07) is 7.31. The van der Waals surface area contributed by atoms with E-state index in [0.717, 1.165) is 5.56 Å². The highest BCUT2D eigenvalue weighted by molar-refractivity contribution is 5.88. The van der Waals surface area contributed by atoms with Gasteiger partial charge in [-0.2, -0.15) is 0 Å². The van der Waals surface area contributed by atoms with Gasteiger partial charge in [0.2, 0.25) is 12.3 Å². The van der Waals surface area contributed by atoms with E-state index in [-0.39, 0.29) is 12.3 Å². The van der Waals surface area contributed by atoms with Crippen LogP contribution in [0.5, 0.6) is 0 Å². The molecule has 0 spiro atoms. The Morgan fingerprint density at radius 1 is 1.18 bits per heavy atom. The molecule has 0 radical (unpaired) electrons. The van der Waals surface area contributed by atoms with E-state index in [9.17, 15) is 19.5 Å². The molecule has 1 aromatic rings. The van der Waals surface area contributed by atoms with E-state index in [2.05, 4.69) is 10.6 Å². The van der Waals surface area contributed by atoms with Gasteiger partial charge in [-0.3, -0.25) is 9.59 Å². The van der Waals surface area contributed by atoms with Crippen LogP contribution in [0.3, 0.4) is 0 Å². The van der Waals surface area contributed by atoms with Gasteiger partial charge in [-0.15, -0.1) is 0 Å². The zero-order chi connectivity index (χ0) is 16.5. The lowest BCUT2D eigenvalue weighted by atomic mass is 10.0. The molecule has 0 aliphatic rings. The normalized spacial score (nSPS) is 13.2. The lowest BCUT2D eigenvalue weighted by molar-refractivity contribution is -0.142. The van der Waals surface area contributed by atoms with Crippen LogP contribution in [0.25, 0.3) is 0 Å². The van der Waals surface area contributed by atoms with Crippen molar-refractivity contribution >= 4 is 18.3 Å². The molecular formula is C16H22N2O4. The number of carboxylic acids is 1. The van der Waals surface area contributed by atoms with Gasteiger partial charge in [0.15, 0.2) is 0 Å². The Hall–Kier alpha value is -2.37. The van der Waals surface area contributed by atoms with Crippen molar-refractivity contribution in [3.8, 4) is 0 Å². The van der Waals surface area contributed by atoms with Crippen molar-refractivity contribution in [3.05, 3.63) is 35.9 Å². The van der Waals surface area contributed by atoms with E-state index >= 15 is 0 Å². The first-order valence-electron chi connectivity index (χ1n) is 7.20. The van der Waals surface area contributed by atoms with Crippen molar-refractivity contribution in [3.63, 3.8) is 0 Å². The summed E-state index contributed by atoms with van der Waals surface area (Å²) in [5, 5.41) is 14.2. The van der Waals surface area contributed by atoms with Gasteiger partial charge in [0.1, 0.15) is 12.1 Å². The second kappa shape index (κ2) is 8.81. The molecule has 0 aromatic heterocycles. The number of carbonyl (C=O) groups is 3. The SMILES string of the molecule is CC(C)C[C@H](NC=O)C(=O)N[C@@H](Cc1ccccc1)C(=O)O. The first-order chi connectivity index (χ1) is 10.4. The molecule has 0 saturated heterocycles. The van der Waals surface area contributed by atoms with E-state index in [0.29, 0.717) is 12.8 Å². The van der Waals surface area contributed by atoms with Crippen molar-refractivity contribution in [1.29, 1.82) is 0 Å². The zero-order valence-corrected chi connectivity index (χ0v) is 12.8. The van der Waals surface area contributed by atoms with Gasteiger partial charge >= 0.3 is 5.97 Å². The Kier molecular flexibility index (Phi) is 7.08. The van der Waals surface area contributed by atoms with E-state index in [1.165, 1.54) is 0 Å². The number of rotatable bonds is 9. The van der Waals surface area contributed by atoms with Crippen LogP contribution in [-0.4, -0.2) is 35.5 Å². The van der Waals surface area contributed by atoms with Crippen LogP contribution in [0.4, 0.5) is 0 Å². The number of benzene rings is 1. The van der Waals surface area contributed by atoms with Crippen LogP contribution in [-0.2, 0) is 20.8 Å². The maximum Gasteiger partial charge on any atom is 0.326 e. The summed E-state index contributed by atoms with van der Waals surface area (Å²) in [6.45, 7) is 3.84. The molecule has 0 aliphatic carbocycles. The molecule has 1 aromatic carbocycles. The molecule has 6 heteroatoms. The van der Waals surface area contributed by atoms with E-state index < -0.39 is 24.0 Å². The Balaban J connectivity index is 2.74. The van der Waals surface area contributed by atoms with Crippen molar-refractivity contribution < 1.29 is 19.5 Å². The molecule has 6 nitrogen and oxygen atoms in total. The highest BCUT2D eigenvalue weighted by atomic mass is 16.4. The van der Waals surface area contributed by atoms with Gasteiger partial charge in [-0.25, -0.2) is 4.79 Å². The Labute approximate surface area is 129 Å². The maximum absolute atomic E-state index is 12.2. The average Bonchev–Trinajstić information content (AvgIpc) is 2.46. The van der Waals surface area contributed by atoms with Crippen LogP contribution in [0, 0.1) is 5.92 Å². The second-order valence-corrected chi connectivity index (χ2v) is 5.56. The summed E-state index contributed by atoms with van der Waals surface area (Å²) in [5.41, 5.74) is 0.818. The van der Waals surface area contributed by atoms with E-state index in [1.807, 2.05) is 32.0 Å². The highest BCUT2D eigenvalue weighted by Gasteiger charge is 2.25. The van der Waals surface area contributed by atoms with Crippen molar-refractivity contribution in [2.45, 2.75) is 38.8 Å². The van der Waals surface area contributed by atoms with Crippen LogP contribution in [0.2, 0.25) is 0 Å². The molecule has 0 saturated carbocycles. The van der Waals surface area contributed by atoms with Crippen LogP contribution >= 0.6 is 0 Å². The van der Waals surface area contributed by atoms with Gasteiger partial charge in [-0.05, 0) is 17.9 Å². The minimum atomic E-state index is -1.10. The number of amides is 2. The number of nitrogens with one attached hydrogen (secondary N) is 2. The average molecular weight is 306 g/mol. The Morgan fingerprint density at radius 2 is 1.82 bits per heavy atom. The number of hydrogen-bond acceptors (Lipinski definition) is 3. The van der Waals surface area contributed by atoms with Crippen molar-refractivity contribution in [2.24, 2.45) is 5.92 Å². The molecule has 0 aliphatic heterocycles. The fraction of sp³-hybridized carbons (Fsp3) is 0.438. The van der Waals surface area contributed by atoms with Gasteiger partial charge in [0.25, 0.3) is 0 Å². The molecule has 0 heterocycles. The molecule has 0 fully saturated rings. The minimum Gasteiger partial charge on any atom is -0.480 e. The molecule has 3 N–H and O–H groups in total. The molecule has 2 atom stereocenters. The fourth-order valence-electron chi connectivity index (χ4n) is 2.13. The Morgan fingerprint density at radius 3 is 2.32 bits per heavy atom. The molecule has 1 rings (SSSR count). The third-order valence-corrected chi connectivity index (χ3v) is 3.19. The smallest absolute Gasteiger partial charge is 0.326 e. The summed E-state index contributed by atoms with van der Waals surface area (Å²) in [7, 11) is 0. The third kappa shape index (κ3) is 5.95. The first kappa shape index (κ1) is 17.7. The zero-order valence-electron chi connectivity index (χ0n) is 12.8. The van der Waals surface area contributed by atoms with Gasteiger partial charge < -0.3 is 15.7 Å². The largest absolute Gasteiger partial charge is 0.480 e. The van der Waals surface area contributed by atoms with Crippen LogP contribution in [0.1, 0.15) is 25.8 Å². The highest BCUT2D eigenvalue weighted by Crippen LogP contribution is 2.07. The minimum absolute atomic E-state index is 0.192. The number of aliphatic carboxylic acids is 1. The second-order valence-electron chi connectivity index (χ2n) is 5.56. The summed E-state index contributed by atoms with van der Waals surface area (Å²) >= 11 is 0. The number of hydrogen-bond donors (Lipinski definition) is 3. The predicted molar refractivity (Wildman–Crippen MR) is 82.2 cm³/mol. The molecule has 22 heavy (non-hydrogen) atoms. The van der Waals surface area contributed by atoms with Gasteiger partial charge in [0, 0.05) is 6.42 Å². The monoisotopic (exact) mass is 306 g/mol. The lowest BCUT2D eigenvalue weighted by Crippen LogP contribution is -2.51. The first-order valence-corrected chi connectivity index (χ1v) is 7.20. The van der Waals surface area contributed by atoms with Gasteiger partial charge in [0.05, 0.1) is 0 Å². The number of carboxylic acid groups (broad SMARTS) is 1. The standard InChI is InChI=1S/C16H22N2O4/c1-11(2)8-13(17-10-19)15(20)18-14(16(21)22)9-12-6-4-3-5-7-12/h3-7,10-11,13-14H,8-9H2,1-2H3,(H,17,19)(H,18,20)(H,21,22)/t13-,14-/m0/s1. The Bertz CT molecular complexity index is 502. The van der Waals surface area contributed by atoms with Crippen LogP contribution in [0.15, 0.2) is 30.3 Å². The van der Waals surface area contributed by atoms with Crippen LogP contribution < -0.4 is 10.6 Å². The van der Waals surface area contributed by atoms with Crippen molar-refractivity contribution in [2.75, 3.05) is 0 Å². The quantitative estimate of drug-likeness (QED) is 0.592. The van der Waals surface area contributed by atoms with Gasteiger partial charge in [-0.1, -0.05) is 44.2 Å². The predicted octanol–water partition coefficient (Wildman–Crippen LogP) is 0.959. The fourth-order valence-corrected chi connectivity index (χ4v) is 2.13.